The van der Waals surface area contributed by atoms with Crippen LogP contribution >= 0.6 is 23.2 Å². The lowest BCUT2D eigenvalue weighted by Gasteiger charge is -2.38. The quantitative estimate of drug-likeness (QED) is 0.0703. The largest absolute Gasteiger partial charge is 0.347 e. The number of nitrogens with zero attached hydrogens (tertiary/aromatic N) is 5. The summed E-state index contributed by atoms with van der Waals surface area (Å²) in [5, 5.41) is 29.8. The molecule has 1 aliphatic heterocycles. The normalized spacial score (nSPS) is 15.8. The molecular weight excluding hydrogens is 625 g/mol. The number of anilines is 2. The zero-order chi connectivity index (χ0) is 32.7. The fraction of sp³-hybridized carbons (Fsp3) is 0.267. The van der Waals surface area contributed by atoms with E-state index in [4.69, 9.17) is 23.2 Å². The molecule has 4 rings (SSSR count). The van der Waals surface area contributed by atoms with Crippen LogP contribution in [0.25, 0.3) is 0 Å². The van der Waals surface area contributed by atoms with Crippen LogP contribution in [-0.2, 0) is 4.79 Å². The van der Waals surface area contributed by atoms with E-state index in [0.717, 1.165) is 0 Å². The third kappa shape index (κ3) is 8.06. The minimum absolute atomic E-state index is 0.0908. The number of nitro groups is 1. The topological polar surface area (TPSA) is 161 Å². The molecule has 0 radical (unpaired) electrons. The predicted octanol–water partition coefficient (Wildman–Crippen LogP) is 6.49. The first-order valence-electron chi connectivity index (χ1n) is 13.9. The number of hydroxylamine groups is 2. The first-order chi connectivity index (χ1) is 21.4. The van der Waals surface area contributed by atoms with E-state index in [2.05, 4.69) is 15.8 Å². The van der Waals surface area contributed by atoms with E-state index >= 15 is 0 Å². The van der Waals surface area contributed by atoms with Crippen molar-refractivity contribution in [1.29, 1.82) is 0 Å². The van der Waals surface area contributed by atoms with E-state index in [0.29, 0.717) is 44.9 Å². The number of amides is 5. The first kappa shape index (κ1) is 33.2. The number of urea groups is 2. The fourth-order valence-electron chi connectivity index (χ4n) is 4.97. The van der Waals surface area contributed by atoms with E-state index < -0.39 is 28.7 Å². The van der Waals surface area contributed by atoms with Crippen LogP contribution in [0.15, 0.2) is 77.9 Å². The highest BCUT2D eigenvalue weighted by Crippen LogP contribution is 2.39. The number of carbonyl (C=O) groups excluding carboxylic acids is 3. The van der Waals surface area contributed by atoms with Gasteiger partial charge in [0.1, 0.15) is 0 Å². The second-order valence-corrected chi connectivity index (χ2v) is 11.6. The summed E-state index contributed by atoms with van der Waals surface area (Å²) in [4.78, 5) is 52.6. The maximum Gasteiger partial charge on any atom is 0.347 e. The molecule has 0 spiro atoms. The Bertz CT molecular complexity index is 1620. The van der Waals surface area contributed by atoms with Gasteiger partial charge in [0.25, 0.3) is 5.69 Å². The highest BCUT2D eigenvalue weighted by molar-refractivity contribution is 6.31. The Balaban J connectivity index is 1.42. The van der Waals surface area contributed by atoms with Gasteiger partial charge in [-0.2, -0.15) is 10.2 Å². The van der Waals surface area contributed by atoms with Gasteiger partial charge in [-0.05, 0) is 63.1 Å². The standard InChI is InChI=1S/C30H31Cl2N7O6/c1-30(2)27(38(43)28(41)34-23-11-6-9-21(31)17-23)37(24-12-7-10-22(32)18-24)29(42)36(30)15-4-3-14-26(40)35-33-19-20-8-5-13-25(16-20)39(44)45/h5-13,16-19,27,43H,3-4,14-15H2,1-2H3,(H,34,41)(H,35,40)/b33-19-/t27-/m1/s1. The van der Waals surface area contributed by atoms with Gasteiger partial charge in [-0.25, -0.2) is 15.0 Å². The molecule has 1 atom stereocenters. The SMILES string of the molecule is CC1(C)[C@@H](N(O)C(=O)Nc2cccc(Cl)c2)N(c2cccc(Cl)c2)C(=O)N1CCCCC(=O)N/N=C\c1cccc([N+](=O)[O-])c1. The molecular formula is C30H31Cl2N7O6. The molecule has 0 saturated carbocycles. The van der Waals surface area contributed by atoms with Gasteiger partial charge in [-0.3, -0.25) is 25.0 Å². The maximum atomic E-state index is 13.8. The number of carbonyl (C=O) groups is 3. The maximum absolute atomic E-state index is 13.8. The van der Waals surface area contributed by atoms with Crippen molar-refractivity contribution in [2.75, 3.05) is 16.8 Å². The molecule has 1 fully saturated rings. The van der Waals surface area contributed by atoms with E-state index in [-0.39, 0.29) is 24.6 Å². The Kier molecular flexibility index (Phi) is 10.6. The smallest absolute Gasteiger partial charge is 0.315 e. The van der Waals surface area contributed by atoms with Crippen molar-refractivity contribution in [1.82, 2.24) is 15.4 Å². The van der Waals surface area contributed by atoms with Crippen LogP contribution in [0.1, 0.15) is 38.7 Å². The van der Waals surface area contributed by atoms with Gasteiger partial charge in [0.2, 0.25) is 5.91 Å². The third-order valence-corrected chi connectivity index (χ3v) is 7.60. The Morgan fingerprint density at radius 1 is 1.07 bits per heavy atom. The lowest BCUT2D eigenvalue weighted by molar-refractivity contribution is -0.384. The van der Waals surface area contributed by atoms with Crippen molar-refractivity contribution in [3.63, 3.8) is 0 Å². The Labute approximate surface area is 269 Å². The Morgan fingerprint density at radius 2 is 1.76 bits per heavy atom. The molecule has 0 unspecified atom stereocenters. The number of halogens is 2. The van der Waals surface area contributed by atoms with Gasteiger partial charge < -0.3 is 10.2 Å². The molecule has 0 aliphatic carbocycles. The minimum Gasteiger partial charge on any atom is -0.315 e. The predicted molar refractivity (Wildman–Crippen MR) is 171 cm³/mol. The number of hydrogen-bond donors (Lipinski definition) is 3. The zero-order valence-corrected chi connectivity index (χ0v) is 25.9. The average molecular weight is 657 g/mol. The van der Waals surface area contributed by atoms with Gasteiger partial charge in [-0.15, -0.1) is 0 Å². The number of nitro benzene ring substituents is 1. The molecule has 1 heterocycles. The van der Waals surface area contributed by atoms with E-state index in [1.165, 1.54) is 40.3 Å². The monoisotopic (exact) mass is 655 g/mol. The van der Waals surface area contributed by atoms with Gasteiger partial charge in [0.15, 0.2) is 6.17 Å². The zero-order valence-electron chi connectivity index (χ0n) is 24.4. The van der Waals surface area contributed by atoms with Crippen molar-refractivity contribution in [2.24, 2.45) is 5.10 Å². The van der Waals surface area contributed by atoms with Gasteiger partial charge >= 0.3 is 12.1 Å². The molecule has 45 heavy (non-hydrogen) atoms. The molecule has 0 bridgehead atoms. The second kappa shape index (κ2) is 14.4. The number of non-ortho nitro benzene ring substituents is 1. The molecule has 1 saturated heterocycles. The van der Waals surface area contributed by atoms with Crippen LogP contribution in [0.5, 0.6) is 0 Å². The van der Waals surface area contributed by atoms with Crippen molar-refractivity contribution >= 4 is 64.4 Å². The highest BCUT2D eigenvalue weighted by atomic mass is 35.5. The Hall–Kier alpha value is -4.72. The summed E-state index contributed by atoms with van der Waals surface area (Å²) in [7, 11) is 0. The minimum atomic E-state index is -1.16. The van der Waals surface area contributed by atoms with E-state index in [9.17, 15) is 29.7 Å². The van der Waals surface area contributed by atoms with Crippen molar-refractivity contribution in [2.45, 2.75) is 44.8 Å². The first-order valence-corrected chi connectivity index (χ1v) is 14.6. The summed E-state index contributed by atoms with van der Waals surface area (Å²) < 4.78 is 0. The molecule has 3 aromatic carbocycles. The molecule has 13 nitrogen and oxygen atoms in total. The van der Waals surface area contributed by atoms with Gasteiger partial charge in [-0.1, -0.05) is 47.5 Å². The summed E-state index contributed by atoms with van der Waals surface area (Å²) in [5.74, 6) is -0.374. The van der Waals surface area contributed by atoms with Crippen LogP contribution in [0, 0.1) is 10.1 Å². The molecule has 236 valence electrons. The summed E-state index contributed by atoms with van der Waals surface area (Å²) in [6.45, 7) is 3.67. The molecule has 15 heteroatoms. The summed E-state index contributed by atoms with van der Waals surface area (Å²) in [5.41, 5.74) is 2.40. The van der Waals surface area contributed by atoms with Crippen LogP contribution < -0.4 is 15.6 Å². The number of nitrogens with one attached hydrogen (secondary N) is 2. The molecule has 3 aromatic rings. The number of hydrazone groups is 1. The van der Waals surface area contributed by atoms with Crippen LogP contribution in [0.3, 0.4) is 0 Å². The van der Waals surface area contributed by atoms with Crippen molar-refractivity contribution < 1.29 is 24.5 Å². The lowest BCUT2D eigenvalue weighted by atomic mass is 9.99. The lowest BCUT2D eigenvalue weighted by Crippen LogP contribution is -2.58. The van der Waals surface area contributed by atoms with Gasteiger partial charge in [0, 0.05) is 52.1 Å². The highest BCUT2D eigenvalue weighted by Gasteiger charge is 2.55. The third-order valence-electron chi connectivity index (χ3n) is 7.13. The van der Waals surface area contributed by atoms with E-state index in [1.54, 1.807) is 62.4 Å². The average Bonchev–Trinajstić information content (AvgIpc) is 3.19. The fourth-order valence-corrected chi connectivity index (χ4v) is 5.35. The number of benzene rings is 3. The van der Waals surface area contributed by atoms with Crippen LogP contribution in [0.4, 0.5) is 26.7 Å². The van der Waals surface area contributed by atoms with Crippen molar-refractivity contribution in [3.05, 3.63) is 98.5 Å². The molecule has 1 aliphatic rings. The van der Waals surface area contributed by atoms with Crippen LogP contribution in [-0.4, -0.2) is 62.5 Å². The number of hydrogen-bond acceptors (Lipinski definition) is 7. The van der Waals surface area contributed by atoms with E-state index in [1.807, 2.05) is 0 Å². The number of rotatable bonds is 11. The van der Waals surface area contributed by atoms with Crippen LogP contribution in [0.2, 0.25) is 10.0 Å². The van der Waals surface area contributed by atoms with Gasteiger partial charge in [0.05, 0.1) is 16.7 Å². The molecule has 5 amide bonds. The Morgan fingerprint density at radius 3 is 2.44 bits per heavy atom. The molecule has 3 N–H and O–H groups in total. The summed E-state index contributed by atoms with van der Waals surface area (Å²) >= 11 is 12.2. The summed E-state index contributed by atoms with van der Waals surface area (Å²) in [6.07, 6.45) is 1.08. The second-order valence-electron chi connectivity index (χ2n) is 10.7. The summed E-state index contributed by atoms with van der Waals surface area (Å²) in [6, 6.07) is 17.4. The number of unbranched alkanes of at least 4 members (excludes halogenated alkanes) is 1. The molecule has 0 aromatic heterocycles. The van der Waals surface area contributed by atoms with Crippen molar-refractivity contribution in [3.8, 4) is 0 Å².